The average Bonchev–Trinajstić information content (AvgIpc) is 2.55. The summed E-state index contributed by atoms with van der Waals surface area (Å²) in [5.41, 5.74) is 5.77. The first kappa shape index (κ1) is 11.9. The van der Waals surface area contributed by atoms with Gasteiger partial charge in [-0.1, -0.05) is 20.8 Å². The molecule has 1 aliphatic rings. The van der Waals surface area contributed by atoms with Crippen molar-refractivity contribution >= 4 is 0 Å². The Morgan fingerprint density at radius 1 is 1.50 bits per heavy atom. The highest BCUT2D eigenvalue weighted by molar-refractivity contribution is 4.84. The molecule has 1 fully saturated rings. The zero-order valence-electron chi connectivity index (χ0n) is 8.93. The summed E-state index contributed by atoms with van der Waals surface area (Å²) < 4.78 is 0. The first-order valence-corrected chi connectivity index (χ1v) is 5.23. The van der Waals surface area contributed by atoms with Crippen LogP contribution in [0.4, 0.5) is 0 Å². The SMILES string of the molecule is CC.CCC1CC(C(C)N)CN1. The van der Waals surface area contributed by atoms with E-state index in [0.29, 0.717) is 12.0 Å². The Labute approximate surface area is 76.9 Å². The molecule has 1 heterocycles. The fourth-order valence-electron chi connectivity index (χ4n) is 1.56. The Hall–Kier alpha value is -0.0800. The molecule has 12 heavy (non-hydrogen) atoms. The van der Waals surface area contributed by atoms with Gasteiger partial charge in [-0.2, -0.15) is 0 Å². The van der Waals surface area contributed by atoms with E-state index < -0.39 is 0 Å². The molecule has 0 saturated carbocycles. The van der Waals surface area contributed by atoms with E-state index in [0.717, 1.165) is 12.6 Å². The van der Waals surface area contributed by atoms with Gasteiger partial charge in [-0.3, -0.25) is 0 Å². The smallest absolute Gasteiger partial charge is 0.00682 e. The van der Waals surface area contributed by atoms with Crippen LogP contribution in [0.1, 0.15) is 40.5 Å². The van der Waals surface area contributed by atoms with E-state index in [1.807, 2.05) is 13.8 Å². The van der Waals surface area contributed by atoms with Gasteiger partial charge >= 0.3 is 0 Å². The maximum absolute atomic E-state index is 5.77. The second-order valence-corrected chi connectivity index (χ2v) is 3.37. The molecule has 3 N–H and O–H groups in total. The minimum Gasteiger partial charge on any atom is -0.328 e. The molecule has 0 spiro atoms. The number of nitrogens with two attached hydrogens (primary N) is 1. The van der Waals surface area contributed by atoms with E-state index in [-0.39, 0.29) is 0 Å². The highest BCUT2D eigenvalue weighted by Gasteiger charge is 2.24. The Balaban J connectivity index is 0.000000561. The van der Waals surface area contributed by atoms with E-state index >= 15 is 0 Å². The zero-order chi connectivity index (χ0) is 9.56. The molecule has 1 aliphatic heterocycles. The largest absolute Gasteiger partial charge is 0.328 e. The maximum Gasteiger partial charge on any atom is 0.00682 e. The van der Waals surface area contributed by atoms with Gasteiger partial charge in [-0.25, -0.2) is 0 Å². The Morgan fingerprint density at radius 2 is 2.08 bits per heavy atom. The van der Waals surface area contributed by atoms with Gasteiger partial charge < -0.3 is 11.1 Å². The summed E-state index contributed by atoms with van der Waals surface area (Å²) in [6, 6.07) is 1.10. The van der Waals surface area contributed by atoms with Gasteiger partial charge in [0.15, 0.2) is 0 Å². The van der Waals surface area contributed by atoms with Gasteiger partial charge in [0.2, 0.25) is 0 Å². The summed E-state index contributed by atoms with van der Waals surface area (Å²) in [6.45, 7) is 9.45. The van der Waals surface area contributed by atoms with Crippen molar-refractivity contribution in [1.82, 2.24) is 5.32 Å². The van der Waals surface area contributed by atoms with Crippen molar-refractivity contribution in [3.63, 3.8) is 0 Å². The average molecular weight is 172 g/mol. The van der Waals surface area contributed by atoms with Crippen LogP contribution in [0.2, 0.25) is 0 Å². The van der Waals surface area contributed by atoms with Crippen molar-refractivity contribution in [3.8, 4) is 0 Å². The minimum absolute atomic E-state index is 0.365. The topological polar surface area (TPSA) is 38.0 Å². The van der Waals surface area contributed by atoms with Crippen molar-refractivity contribution in [2.75, 3.05) is 6.54 Å². The lowest BCUT2D eigenvalue weighted by Gasteiger charge is -2.12. The molecule has 74 valence electrons. The van der Waals surface area contributed by atoms with Crippen LogP contribution in [0, 0.1) is 5.92 Å². The number of rotatable bonds is 2. The van der Waals surface area contributed by atoms with Crippen LogP contribution in [-0.2, 0) is 0 Å². The third kappa shape index (κ3) is 3.55. The fraction of sp³-hybridized carbons (Fsp3) is 1.00. The van der Waals surface area contributed by atoms with Gasteiger partial charge in [0.05, 0.1) is 0 Å². The molecule has 1 saturated heterocycles. The van der Waals surface area contributed by atoms with Crippen LogP contribution in [0.3, 0.4) is 0 Å². The molecule has 3 atom stereocenters. The van der Waals surface area contributed by atoms with Crippen molar-refractivity contribution in [2.24, 2.45) is 11.7 Å². The van der Waals surface area contributed by atoms with Gasteiger partial charge in [-0.15, -0.1) is 0 Å². The van der Waals surface area contributed by atoms with Gasteiger partial charge in [0.1, 0.15) is 0 Å². The lowest BCUT2D eigenvalue weighted by Crippen LogP contribution is -2.27. The minimum atomic E-state index is 0.365. The number of hydrogen-bond acceptors (Lipinski definition) is 2. The third-order valence-corrected chi connectivity index (χ3v) is 2.49. The first-order chi connectivity index (χ1) is 5.74. The molecule has 0 bridgehead atoms. The molecule has 2 heteroatoms. The van der Waals surface area contributed by atoms with Crippen LogP contribution in [-0.4, -0.2) is 18.6 Å². The summed E-state index contributed by atoms with van der Waals surface area (Å²) in [5, 5.41) is 3.46. The highest BCUT2D eigenvalue weighted by atomic mass is 15.0. The van der Waals surface area contributed by atoms with E-state index in [2.05, 4.69) is 19.2 Å². The predicted molar refractivity (Wildman–Crippen MR) is 55.2 cm³/mol. The fourth-order valence-corrected chi connectivity index (χ4v) is 1.56. The van der Waals surface area contributed by atoms with Crippen molar-refractivity contribution in [1.29, 1.82) is 0 Å². The predicted octanol–water partition coefficient (Wildman–Crippen LogP) is 1.75. The summed E-state index contributed by atoms with van der Waals surface area (Å²) in [6.07, 6.45) is 2.51. The Bertz CT molecular complexity index is 102. The number of hydrogen-bond donors (Lipinski definition) is 2. The van der Waals surface area contributed by atoms with Crippen LogP contribution in [0.5, 0.6) is 0 Å². The second kappa shape index (κ2) is 6.44. The third-order valence-electron chi connectivity index (χ3n) is 2.49. The van der Waals surface area contributed by atoms with E-state index in [1.165, 1.54) is 12.8 Å². The summed E-state index contributed by atoms with van der Waals surface area (Å²) >= 11 is 0. The van der Waals surface area contributed by atoms with E-state index in [4.69, 9.17) is 5.73 Å². The standard InChI is InChI=1S/C8H18N2.C2H6/c1-3-8-4-7(5-10-8)6(2)9;1-2/h6-8,10H,3-5,9H2,1-2H3;1-2H3. The summed E-state index contributed by atoms with van der Waals surface area (Å²) in [4.78, 5) is 0. The van der Waals surface area contributed by atoms with Crippen LogP contribution >= 0.6 is 0 Å². The van der Waals surface area contributed by atoms with Crippen molar-refractivity contribution in [2.45, 2.75) is 52.6 Å². The van der Waals surface area contributed by atoms with E-state index in [1.54, 1.807) is 0 Å². The molecule has 0 aromatic heterocycles. The molecule has 0 aromatic carbocycles. The molecular weight excluding hydrogens is 148 g/mol. The molecule has 0 amide bonds. The maximum atomic E-state index is 5.77. The van der Waals surface area contributed by atoms with Gasteiger partial charge in [0, 0.05) is 12.1 Å². The number of nitrogens with one attached hydrogen (secondary N) is 1. The molecule has 3 unspecified atom stereocenters. The Morgan fingerprint density at radius 3 is 2.33 bits per heavy atom. The van der Waals surface area contributed by atoms with Crippen molar-refractivity contribution < 1.29 is 0 Å². The van der Waals surface area contributed by atoms with Gasteiger partial charge in [-0.05, 0) is 32.2 Å². The normalized spacial score (nSPS) is 30.8. The molecule has 2 nitrogen and oxygen atoms in total. The first-order valence-electron chi connectivity index (χ1n) is 5.23. The Kier molecular flexibility index (Phi) is 6.39. The highest BCUT2D eigenvalue weighted by Crippen LogP contribution is 2.17. The monoisotopic (exact) mass is 172 g/mol. The lowest BCUT2D eigenvalue weighted by atomic mass is 9.98. The zero-order valence-corrected chi connectivity index (χ0v) is 8.93. The summed E-state index contributed by atoms with van der Waals surface area (Å²) in [5.74, 6) is 0.713. The molecular formula is C10H24N2. The quantitative estimate of drug-likeness (QED) is 0.666. The van der Waals surface area contributed by atoms with Crippen LogP contribution in [0.25, 0.3) is 0 Å². The van der Waals surface area contributed by atoms with Gasteiger partial charge in [0.25, 0.3) is 0 Å². The van der Waals surface area contributed by atoms with E-state index in [9.17, 15) is 0 Å². The van der Waals surface area contributed by atoms with Crippen molar-refractivity contribution in [3.05, 3.63) is 0 Å². The molecule has 0 radical (unpaired) electrons. The molecule has 1 rings (SSSR count). The molecule has 0 aliphatic carbocycles. The molecule has 0 aromatic rings. The summed E-state index contributed by atoms with van der Waals surface area (Å²) in [7, 11) is 0. The second-order valence-electron chi connectivity index (χ2n) is 3.37. The lowest BCUT2D eigenvalue weighted by molar-refractivity contribution is 0.468. The van der Waals surface area contributed by atoms with Crippen LogP contribution < -0.4 is 11.1 Å². The van der Waals surface area contributed by atoms with Crippen LogP contribution in [0.15, 0.2) is 0 Å².